The van der Waals surface area contributed by atoms with E-state index in [4.69, 9.17) is 9.15 Å². The van der Waals surface area contributed by atoms with Gasteiger partial charge in [-0.3, -0.25) is 19.3 Å². The lowest BCUT2D eigenvalue weighted by Crippen LogP contribution is -2.48. The predicted octanol–water partition coefficient (Wildman–Crippen LogP) is 2.82. The maximum Gasteiger partial charge on any atom is 0.305 e. The third-order valence-corrected chi connectivity index (χ3v) is 5.63. The first-order valence-electron chi connectivity index (χ1n) is 11.2. The van der Waals surface area contributed by atoms with Crippen molar-refractivity contribution in [1.82, 2.24) is 9.80 Å². The molecule has 0 radical (unpaired) electrons. The Balaban J connectivity index is 1.45. The fourth-order valence-corrected chi connectivity index (χ4v) is 3.96. The summed E-state index contributed by atoms with van der Waals surface area (Å²) in [4.78, 5) is 39.9. The SMILES string of the molecule is COC(=O)CCCC(=O)N1CCN(Cc2cc(=O)c(OCc3cc(C)cc(C)c3)co2)CC1. The molecule has 0 aliphatic carbocycles. The third kappa shape index (κ3) is 7.46. The second-order valence-corrected chi connectivity index (χ2v) is 8.45. The molecule has 2 heterocycles. The molecule has 1 aromatic carbocycles. The molecule has 0 atom stereocenters. The summed E-state index contributed by atoms with van der Waals surface area (Å²) in [5.41, 5.74) is 3.10. The van der Waals surface area contributed by atoms with Gasteiger partial charge in [0.05, 0.1) is 13.7 Å². The van der Waals surface area contributed by atoms with Crippen LogP contribution in [0.1, 0.15) is 41.7 Å². The highest BCUT2D eigenvalue weighted by Crippen LogP contribution is 2.15. The summed E-state index contributed by atoms with van der Waals surface area (Å²) in [6.45, 7) is 7.46. The van der Waals surface area contributed by atoms with Crippen molar-refractivity contribution in [3.05, 3.63) is 63.2 Å². The van der Waals surface area contributed by atoms with Gasteiger partial charge >= 0.3 is 5.97 Å². The van der Waals surface area contributed by atoms with Crippen LogP contribution in [0.5, 0.6) is 5.75 Å². The van der Waals surface area contributed by atoms with Crippen LogP contribution in [0.15, 0.2) is 39.7 Å². The number of aryl methyl sites for hydroxylation is 2. The minimum atomic E-state index is -0.296. The molecule has 33 heavy (non-hydrogen) atoms. The van der Waals surface area contributed by atoms with Gasteiger partial charge in [-0.05, 0) is 25.8 Å². The summed E-state index contributed by atoms with van der Waals surface area (Å²) >= 11 is 0. The number of hydrogen-bond donors (Lipinski definition) is 0. The summed E-state index contributed by atoms with van der Waals surface area (Å²) in [6, 6.07) is 7.63. The monoisotopic (exact) mass is 456 g/mol. The van der Waals surface area contributed by atoms with E-state index in [-0.39, 0.29) is 29.5 Å². The van der Waals surface area contributed by atoms with Crippen molar-refractivity contribution >= 4 is 11.9 Å². The standard InChI is InChI=1S/C25H32N2O6/c1-18-11-19(2)13-20(12-18)16-33-23-17-32-21(14-22(23)28)15-26-7-9-27(10-8-26)24(29)5-4-6-25(30)31-3/h11-14,17H,4-10,15-16H2,1-3H3. The average molecular weight is 457 g/mol. The van der Waals surface area contributed by atoms with Gasteiger partial charge in [0, 0.05) is 45.1 Å². The number of esters is 1. The first kappa shape index (κ1) is 24.5. The van der Waals surface area contributed by atoms with Gasteiger partial charge in [0.2, 0.25) is 17.1 Å². The highest BCUT2D eigenvalue weighted by molar-refractivity contribution is 5.77. The molecule has 1 fully saturated rings. The van der Waals surface area contributed by atoms with Crippen LogP contribution in [-0.2, 0) is 27.5 Å². The molecule has 1 amide bonds. The van der Waals surface area contributed by atoms with Gasteiger partial charge in [-0.1, -0.05) is 29.3 Å². The van der Waals surface area contributed by atoms with Crippen LogP contribution in [0.3, 0.4) is 0 Å². The Kier molecular flexibility index (Phi) is 8.65. The van der Waals surface area contributed by atoms with Crippen molar-refractivity contribution in [2.75, 3.05) is 33.3 Å². The van der Waals surface area contributed by atoms with E-state index in [1.807, 2.05) is 30.9 Å². The maximum atomic E-state index is 12.5. The summed E-state index contributed by atoms with van der Waals surface area (Å²) in [5.74, 6) is 0.517. The van der Waals surface area contributed by atoms with Gasteiger partial charge in [-0.15, -0.1) is 0 Å². The molecule has 0 saturated carbocycles. The zero-order valence-corrected chi connectivity index (χ0v) is 19.6. The van der Waals surface area contributed by atoms with Crippen LogP contribution in [0, 0.1) is 13.8 Å². The van der Waals surface area contributed by atoms with Crippen LogP contribution in [0.2, 0.25) is 0 Å². The quantitative estimate of drug-likeness (QED) is 0.536. The van der Waals surface area contributed by atoms with Crippen molar-refractivity contribution in [2.45, 2.75) is 46.3 Å². The molecule has 8 nitrogen and oxygen atoms in total. The van der Waals surface area contributed by atoms with Crippen LogP contribution in [-0.4, -0.2) is 55.0 Å². The molecule has 2 aromatic rings. The van der Waals surface area contributed by atoms with Crippen molar-refractivity contribution in [3.63, 3.8) is 0 Å². The molecule has 1 aliphatic rings. The number of rotatable bonds is 9. The van der Waals surface area contributed by atoms with Crippen molar-refractivity contribution < 1.29 is 23.5 Å². The Morgan fingerprint density at radius 2 is 1.70 bits per heavy atom. The number of carbonyl (C=O) groups excluding carboxylic acids is 2. The molecule has 178 valence electrons. The number of carbonyl (C=O) groups is 2. The minimum absolute atomic E-state index is 0.0513. The average Bonchev–Trinajstić information content (AvgIpc) is 2.78. The number of methoxy groups -OCH3 is 1. The second kappa shape index (κ2) is 11.7. The third-order valence-electron chi connectivity index (χ3n) is 5.63. The van der Waals surface area contributed by atoms with E-state index in [1.165, 1.54) is 19.4 Å². The first-order chi connectivity index (χ1) is 15.8. The highest BCUT2D eigenvalue weighted by atomic mass is 16.5. The second-order valence-electron chi connectivity index (χ2n) is 8.45. The Labute approximate surface area is 194 Å². The molecule has 0 spiro atoms. The lowest BCUT2D eigenvalue weighted by atomic mass is 10.1. The topological polar surface area (TPSA) is 89.3 Å². The van der Waals surface area contributed by atoms with E-state index in [2.05, 4.69) is 15.7 Å². The van der Waals surface area contributed by atoms with E-state index >= 15 is 0 Å². The molecule has 1 saturated heterocycles. The number of piperazine rings is 1. The Morgan fingerprint density at radius 3 is 2.33 bits per heavy atom. The van der Waals surface area contributed by atoms with Crippen LogP contribution in [0.4, 0.5) is 0 Å². The van der Waals surface area contributed by atoms with E-state index in [0.717, 1.165) is 16.7 Å². The van der Waals surface area contributed by atoms with Crippen molar-refractivity contribution in [2.24, 2.45) is 0 Å². The van der Waals surface area contributed by atoms with E-state index in [0.29, 0.717) is 57.9 Å². The molecule has 3 rings (SSSR count). The summed E-state index contributed by atoms with van der Waals surface area (Å²) in [5, 5.41) is 0. The largest absolute Gasteiger partial charge is 0.482 e. The Morgan fingerprint density at radius 1 is 1.00 bits per heavy atom. The normalized spacial score (nSPS) is 14.2. The minimum Gasteiger partial charge on any atom is -0.482 e. The van der Waals surface area contributed by atoms with E-state index in [1.54, 1.807) is 0 Å². The van der Waals surface area contributed by atoms with E-state index < -0.39 is 0 Å². The zero-order chi connectivity index (χ0) is 23.8. The summed E-state index contributed by atoms with van der Waals surface area (Å²) in [6.07, 6.45) is 2.47. The maximum absolute atomic E-state index is 12.5. The molecule has 8 heteroatoms. The van der Waals surface area contributed by atoms with Crippen molar-refractivity contribution in [1.29, 1.82) is 0 Å². The number of amides is 1. The van der Waals surface area contributed by atoms with E-state index in [9.17, 15) is 14.4 Å². The Bertz CT molecular complexity index is 1000. The van der Waals surface area contributed by atoms with Crippen LogP contribution >= 0.6 is 0 Å². The Hall–Kier alpha value is -3.13. The molecule has 1 aromatic heterocycles. The fraction of sp³-hybridized carbons (Fsp3) is 0.480. The highest BCUT2D eigenvalue weighted by Gasteiger charge is 2.22. The number of ether oxygens (including phenoxy) is 2. The number of nitrogens with zero attached hydrogens (tertiary/aromatic N) is 2. The van der Waals surface area contributed by atoms with Gasteiger partial charge in [0.15, 0.2) is 0 Å². The van der Waals surface area contributed by atoms with Crippen molar-refractivity contribution in [3.8, 4) is 5.75 Å². The van der Waals surface area contributed by atoms with Crippen LogP contribution in [0.25, 0.3) is 0 Å². The number of hydrogen-bond acceptors (Lipinski definition) is 7. The fourth-order valence-electron chi connectivity index (χ4n) is 3.96. The van der Waals surface area contributed by atoms with Gasteiger partial charge in [0.25, 0.3) is 0 Å². The lowest BCUT2D eigenvalue weighted by molar-refractivity contribution is -0.141. The van der Waals surface area contributed by atoms with Gasteiger partial charge in [0.1, 0.15) is 18.6 Å². The summed E-state index contributed by atoms with van der Waals surface area (Å²) < 4.78 is 15.9. The zero-order valence-electron chi connectivity index (χ0n) is 19.6. The molecule has 1 aliphatic heterocycles. The first-order valence-corrected chi connectivity index (χ1v) is 11.2. The number of benzene rings is 1. The van der Waals surface area contributed by atoms with Gasteiger partial charge < -0.3 is 18.8 Å². The summed E-state index contributed by atoms with van der Waals surface area (Å²) in [7, 11) is 1.35. The predicted molar refractivity (Wildman–Crippen MR) is 123 cm³/mol. The molecule has 0 N–H and O–H groups in total. The molecule has 0 bridgehead atoms. The van der Waals surface area contributed by atoms with Crippen LogP contribution < -0.4 is 10.2 Å². The lowest BCUT2D eigenvalue weighted by Gasteiger charge is -2.34. The molecular formula is C25H32N2O6. The smallest absolute Gasteiger partial charge is 0.305 e. The van der Waals surface area contributed by atoms with Gasteiger partial charge in [-0.25, -0.2) is 0 Å². The molecule has 0 unspecified atom stereocenters. The van der Waals surface area contributed by atoms with Gasteiger partial charge in [-0.2, -0.15) is 0 Å². The molecular weight excluding hydrogens is 424 g/mol.